The maximum absolute atomic E-state index is 12.7. The van der Waals surface area contributed by atoms with Gasteiger partial charge in [-0.05, 0) is 24.6 Å². The highest BCUT2D eigenvalue weighted by Crippen LogP contribution is 2.32. The molecule has 0 aliphatic carbocycles. The third kappa shape index (κ3) is 3.04. The van der Waals surface area contributed by atoms with E-state index in [0.29, 0.717) is 0 Å². The predicted octanol–water partition coefficient (Wildman–Crippen LogP) is 2.59. The van der Waals surface area contributed by atoms with Crippen LogP contribution in [0.4, 0.5) is 4.39 Å². The summed E-state index contributed by atoms with van der Waals surface area (Å²) in [6, 6.07) is 5.81. The standard InChI is InChI=1S/C13H14ClFO4/c1-2-19-12(18)13(6-7-15,11(16)17)9-4-3-5-10(14)8-9/h3-5,8H,2,6-7H2,1H3,(H,16,17). The number of hydrogen-bond donors (Lipinski definition) is 1. The molecule has 0 fully saturated rings. The minimum atomic E-state index is -2.06. The van der Waals surface area contributed by atoms with Crippen molar-refractivity contribution in [2.75, 3.05) is 13.3 Å². The van der Waals surface area contributed by atoms with Gasteiger partial charge in [-0.3, -0.25) is 14.0 Å². The first-order chi connectivity index (χ1) is 8.98. The van der Waals surface area contributed by atoms with Crippen LogP contribution in [0, 0.1) is 0 Å². The van der Waals surface area contributed by atoms with Gasteiger partial charge < -0.3 is 9.84 Å². The van der Waals surface area contributed by atoms with Crippen LogP contribution >= 0.6 is 11.6 Å². The number of carbonyl (C=O) groups is 2. The molecule has 0 saturated carbocycles. The molecule has 0 spiro atoms. The summed E-state index contributed by atoms with van der Waals surface area (Å²) >= 11 is 5.80. The van der Waals surface area contributed by atoms with Gasteiger partial charge in [-0.25, -0.2) is 0 Å². The van der Waals surface area contributed by atoms with Crippen molar-refractivity contribution in [2.45, 2.75) is 18.8 Å². The van der Waals surface area contributed by atoms with Crippen molar-refractivity contribution in [3.8, 4) is 0 Å². The topological polar surface area (TPSA) is 63.6 Å². The smallest absolute Gasteiger partial charge is 0.328 e. The van der Waals surface area contributed by atoms with E-state index in [1.165, 1.54) is 24.3 Å². The molecular weight excluding hydrogens is 275 g/mol. The molecule has 0 radical (unpaired) electrons. The molecule has 0 saturated heterocycles. The van der Waals surface area contributed by atoms with Crippen molar-refractivity contribution in [3.05, 3.63) is 34.9 Å². The van der Waals surface area contributed by atoms with Gasteiger partial charge in [-0.15, -0.1) is 0 Å². The van der Waals surface area contributed by atoms with E-state index in [4.69, 9.17) is 16.3 Å². The number of aliphatic carboxylic acids is 1. The van der Waals surface area contributed by atoms with E-state index in [0.717, 1.165) is 0 Å². The normalized spacial score (nSPS) is 13.6. The van der Waals surface area contributed by atoms with Crippen molar-refractivity contribution in [1.82, 2.24) is 0 Å². The Morgan fingerprint density at radius 3 is 2.63 bits per heavy atom. The summed E-state index contributed by atoms with van der Waals surface area (Å²) in [5.41, 5.74) is -1.95. The molecule has 0 aliphatic rings. The average Bonchev–Trinajstić information content (AvgIpc) is 2.35. The second-order valence-corrected chi connectivity index (χ2v) is 4.32. The first kappa shape index (κ1) is 15.4. The van der Waals surface area contributed by atoms with E-state index in [2.05, 4.69) is 0 Å². The van der Waals surface area contributed by atoms with Crippen LogP contribution < -0.4 is 0 Å². The molecule has 4 nitrogen and oxygen atoms in total. The highest BCUT2D eigenvalue weighted by molar-refractivity contribution is 6.30. The van der Waals surface area contributed by atoms with Gasteiger partial charge in [0, 0.05) is 11.4 Å². The molecule has 6 heteroatoms. The predicted molar refractivity (Wildman–Crippen MR) is 68.0 cm³/mol. The number of carboxylic acid groups (broad SMARTS) is 1. The number of halogens is 2. The molecule has 1 aromatic rings. The largest absolute Gasteiger partial charge is 0.480 e. The fraction of sp³-hybridized carbons (Fsp3) is 0.385. The first-order valence-corrected chi connectivity index (χ1v) is 6.09. The van der Waals surface area contributed by atoms with Gasteiger partial charge in [0.25, 0.3) is 0 Å². The van der Waals surface area contributed by atoms with Crippen molar-refractivity contribution in [1.29, 1.82) is 0 Å². The van der Waals surface area contributed by atoms with E-state index in [1.54, 1.807) is 6.92 Å². The summed E-state index contributed by atoms with van der Waals surface area (Å²) in [5, 5.41) is 9.66. The molecule has 1 unspecified atom stereocenters. The van der Waals surface area contributed by atoms with Gasteiger partial charge in [0.1, 0.15) is 0 Å². The molecule has 1 rings (SSSR count). The summed E-state index contributed by atoms with van der Waals surface area (Å²) < 4.78 is 17.5. The molecule has 19 heavy (non-hydrogen) atoms. The van der Waals surface area contributed by atoms with Crippen molar-refractivity contribution in [2.24, 2.45) is 0 Å². The zero-order valence-corrected chi connectivity index (χ0v) is 11.1. The Morgan fingerprint density at radius 1 is 1.47 bits per heavy atom. The maximum atomic E-state index is 12.7. The quantitative estimate of drug-likeness (QED) is 0.645. The third-order valence-electron chi connectivity index (χ3n) is 2.78. The lowest BCUT2D eigenvalue weighted by molar-refractivity contribution is -0.162. The SMILES string of the molecule is CCOC(=O)C(CCF)(C(=O)O)c1cccc(Cl)c1. The van der Waals surface area contributed by atoms with Crippen molar-refractivity contribution >= 4 is 23.5 Å². The average molecular weight is 289 g/mol. The molecule has 0 aromatic heterocycles. The van der Waals surface area contributed by atoms with Gasteiger partial charge in [0.15, 0.2) is 5.41 Å². The van der Waals surface area contributed by atoms with Crippen molar-refractivity contribution in [3.63, 3.8) is 0 Å². The fourth-order valence-corrected chi connectivity index (χ4v) is 2.02. The molecule has 0 aliphatic heterocycles. The lowest BCUT2D eigenvalue weighted by Gasteiger charge is -2.26. The molecule has 0 bridgehead atoms. The Balaban J connectivity index is 3.39. The molecular formula is C13H14ClFO4. The second kappa shape index (κ2) is 6.52. The second-order valence-electron chi connectivity index (χ2n) is 3.88. The highest BCUT2D eigenvalue weighted by Gasteiger charge is 2.49. The Kier molecular flexibility index (Phi) is 5.30. The Labute approximate surface area is 115 Å². The van der Waals surface area contributed by atoms with E-state index >= 15 is 0 Å². The number of alkyl halides is 1. The van der Waals surface area contributed by atoms with Gasteiger partial charge in [-0.1, -0.05) is 23.7 Å². The van der Waals surface area contributed by atoms with Gasteiger partial charge in [0.05, 0.1) is 13.3 Å². The number of benzene rings is 1. The monoisotopic (exact) mass is 288 g/mol. The van der Waals surface area contributed by atoms with Gasteiger partial charge in [-0.2, -0.15) is 0 Å². The minimum absolute atomic E-state index is 0.0146. The number of carboxylic acids is 1. The Morgan fingerprint density at radius 2 is 2.16 bits per heavy atom. The van der Waals surface area contributed by atoms with Crippen LogP contribution in [0.15, 0.2) is 24.3 Å². The number of rotatable bonds is 6. The van der Waals surface area contributed by atoms with E-state index in [1.807, 2.05) is 0 Å². The molecule has 1 aromatic carbocycles. The summed E-state index contributed by atoms with van der Waals surface area (Å²) in [6.07, 6.45) is -0.499. The number of carbonyl (C=O) groups excluding carboxylic acids is 1. The number of esters is 1. The number of hydrogen-bond acceptors (Lipinski definition) is 3. The number of ether oxygens (including phenoxy) is 1. The van der Waals surface area contributed by atoms with Gasteiger partial charge in [0.2, 0.25) is 0 Å². The Hall–Kier alpha value is -1.62. The van der Waals surface area contributed by atoms with Crippen LogP contribution in [-0.4, -0.2) is 30.3 Å². The summed E-state index contributed by atoms with van der Waals surface area (Å²) in [7, 11) is 0. The molecule has 1 N–H and O–H groups in total. The van der Waals surface area contributed by atoms with E-state index < -0.39 is 30.4 Å². The molecule has 1 atom stereocenters. The van der Waals surface area contributed by atoms with Crippen molar-refractivity contribution < 1.29 is 23.8 Å². The first-order valence-electron chi connectivity index (χ1n) is 5.71. The van der Waals surface area contributed by atoms with Crippen LogP contribution in [0.2, 0.25) is 5.02 Å². The van der Waals surface area contributed by atoms with Crippen LogP contribution in [0.1, 0.15) is 18.9 Å². The zero-order valence-electron chi connectivity index (χ0n) is 10.4. The Bertz CT molecular complexity index is 477. The van der Waals surface area contributed by atoms with Crippen LogP contribution in [0.5, 0.6) is 0 Å². The summed E-state index contributed by atoms with van der Waals surface area (Å²) in [5.74, 6) is -2.44. The zero-order chi connectivity index (χ0) is 14.5. The molecule has 104 valence electrons. The maximum Gasteiger partial charge on any atom is 0.328 e. The van der Waals surface area contributed by atoms with Crippen LogP contribution in [-0.2, 0) is 19.7 Å². The minimum Gasteiger partial charge on any atom is -0.480 e. The summed E-state index contributed by atoms with van der Waals surface area (Å²) in [6.45, 7) is 0.607. The fourth-order valence-electron chi connectivity index (χ4n) is 1.83. The lowest BCUT2D eigenvalue weighted by Crippen LogP contribution is -2.45. The third-order valence-corrected chi connectivity index (χ3v) is 3.01. The van der Waals surface area contributed by atoms with E-state index in [9.17, 15) is 19.1 Å². The highest BCUT2D eigenvalue weighted by atomic mass is 35.5. The lowest BCUT2D eigenvalue weighted by atomic mass is 9.78. The molecule has 0 amide bonds. The molecule has 0 heterocycles. The van der Waals surface area contributed by atoms with E-state index in [-0.39, 0.29) is 17.2 Å². The van der Waals surface area contributed by atoms with Crippen LogP contribution in [0.25, 0.3) is 0 Å². The van der Waals surface area contributed by atoms with Gasteiger partial charge >= 0.3 is 11.9 Å². The van der Waals surface area contributed by atoms with Crippen LogP contribution in [0.3, 0.4) is 0 Å². The summed E-state index contributed by atoms with van der Waals surface area (Å²) in [4.78, 5) is 23.5.